The Hall–Kier alpha value is -0.420. The van der Waals surface area contributed by atoms with Crippen LogP contribution >= 0.6 is 31.9 Å². The largest absolute Gasteiger partial charge is 0.341 e. The predicted molar refractivity (Wildman–Crippen MR) is 64.9 cm³/mol. The van der Waals surface area contributed by atoms with Gasteiger partial charge in [0, 0.05) is 18.9 Å². The number of alkyl halides is 1. The Bertz CT molecular complexity index is 370. The fourth-order valence-corrected chi connectivity index (χ4v) is 2.00. The van der Waals surface area contributed by atoms with Gasteiger partial charge in [0.1, 0.15) is 5.82 Å². The van der Waals surface area contributed by atoms with E-state index in [0.717, 1.165) is 0 Å². The standard InChI is InChI=1S/C10H10Br2FNO/c1-14(6-5-11)10(15)7-3-2-4-8(12)9(7)13/h2-4H,5-6H2,1H3. The monoisotopic (exact) mass is 337 g/mol. The van der Waals surface area contributed by atoms with Crippen molar-refractivity contribution in [2.24, 2.45) is 0 Å². The number of carbonyl (C=O) groups excluding carboxylic acids is 1. The molecule has 0 spiro atoms. The number of carbonyl (C=O) groups is 1. The first-order valence-electron chi connectivity index (χ1n) is 4.33. The second kappa shape index (κ2) is 5.61. The van der Waals surface area contributed by atoms with Crippen LogP contribution in [0, 0.1) is 5.82 Å². The minimum absolute atomic E-state index is 0.0906. The van der Waals surface area contributed by atoms with Gasteiger partial charge in [0.15, 0.2) is 0 Å². The number of nitrogens with zero attached hydrogens (tertiary/aromatic N) is 1. The molecule has 0 aliphatic rings. The molecule has 0 aliphatic heterocycles. The van der Waals surface area contributed by atoms with Crippen LogP contribution in [-0.4, -0.2) is 29.7 Å². The number of amides is 1. The predicted octanol–water partition coefficient (Wildman–Crippen LogP) is 3.06. The lowest BCUT2D eigenvalue weighted by Crippen LogP contribution is -2.29. The second-order valence-corrected chi connectivity index (χ2v) is 4.66. The molecule has 1 aromatic carbocycles. The van der Waals surface area contributed by atoms with Gasteiger partial charge in [-0.3, -0.25) is 4.79 Å². The van der Waals surface area contributed by atoms with E-state index < -0.39 is 5.82 Å². The molecule has 1 rings (SSSR count). The molecule has 82 valence electrons. The Kier molecular flexibility index (Phi) is 4.73. The average molecular weight is 339 g/mol. The van der Waals surface area contributed by atoms with E-state index in [0.29, 0.717) is 16.3 Å². The highest BCUT2D eigenvalue weighted by Gasteiger charge is 2.16. The van der Waals surface area contributed by atoms with E-state index in [4.69, 9.17) is 0 Å². The highest BCUT2D eigenvalue weighted by atomic mass is 79.9. The summed E-state index contributed by atoms with van der Waals surface area (Å²) >= 11 is 6.27. The van der Waals surface area contributed by atoms with E-state index in [1.165, 1.54) is 11.0 Å². The van der Waals surface area contributed by atoms with E-state index in [1.807, 2.05) is 0 Å². The lowest BCUT2D eigenvalue weighted by Gasteiger charge is -2.16. The maximum absolute atomic E-state index is 13.5. The van der Waals surface area contributed by atoms with Gasteiger partial charge in [0.25, 0.3) is 5.91 Å². The van der Waals surface area contributed by atoms with Crippen molar-refractivity contribution in [3.8, 4) is 0 Å². The summed E-state index contributed by atoms with van der Waals surface area (Å²) in [6.07, 6.45) is 0. The first kappa shape index (κ1) is 12.6. The molecule has 0 aliphatic carbocycles. The molecule has 15 heavy (non-hydrogen) atoms. The van der Waals surface area contributed by atoms with E-state index in [2.05, 4.69) is 31.9 Å². The van der Waals surface area contributed by atoms with E-state index >= 15 is 0 Å². The van der Waals surface area contributed by atoms with Gasteiger partial charge in [0.2, 0.25) is 0 Å². The molecule has 0 saturated heterocycles. The summed E-state index contributed by atoms with van der Waals surface area (Å²) in [6.45, 7) is 0.546. The molecule has 0 aromatic heterocycles. The Morgan fingerprint density at radius 1 is 1.53 bits per heavy atom. The molecule has 1 amide bonds. The molecule has 1 aromatic rings. The SMILES string of the molecule is CN(CCBr)C(=O)c1cccc(Br)c1F. The molecule has 0 fully saturated rings. The van der Waals surface area contributed by atoms with Crippen molar-refractivity contribution < 1.29 is 9.18 Å². The first-order chi connectivity index (χ1) is 7.07. The summed E-state index contributed by atoms with van der Waals surface area (Å²) in [6, 6.07) is 4.69. The maximum Gasteiger partial charge on any atom is 0.256 e. The summed E-state index contributed by atoms with van der Waals surface area (Å²) in [5.41, 5.74) is 0.0906. The lowest BCUT2D eigenvalue weighted by molar-refractivity contribution is 0.0799. The summed E-state index contributed by atoms with van der Waals surface area (Å²) in [4.78, 5) is 13.2. The zero-order chi connectivity index (χ0) is 11.4. The molecular weight excluding hydrogens is 329 g/mol. The van der Waals surface area contributed by atoms with Gasteiger partial charge in [-0.05, 0) is 28.1 Å². The molecule has 0 N–H and O–H groups in total. The molecule has 0 heterocycles. The molecule has 2 nitrogen and oxygen atoms in total. The summed E-state index contributed by atoms with van der Waals surface area (Å²) in [5, 5.41) is 0.671. The fraction of sp³-hybridized carbons (Fsp3) is 0.300. The lowest BCUT2D eigenvalue weighted by atomic mass is 10.2. The van der Waals surface area contributed by atoms with Crippen molar-refractivity contribution in [1.82, 2.24) is 4.90 Å². The smallest absolute Gasteiger partial charge is 0.256 e. The minimum atomic E-state index is -0.510. The quantitative estimate of drug-likeness (QED) is 0.776. The van der Waals surface area contributed by atoms with Gasteiger partial charge in [-0.1, -0.05) is 22.0 Å². The van der Waals surface area contributed by atoms with Gasteiger partial charge in [-0.25, -0.2) is 4.39 Å². The summed E-state index contributed by atoms with van der Waals surface area (Å²) < 4.78 is 13.9. The van der Waals surface area contributed by atoms with Crippen LogP contribution in [0.25, 0.3) is 0 Å². The van der Waals surface area contributed by atoms with Crippen molar-refractivity contribution in [3.05, 3.63) is 34.1 Å². The molecule has 0 bridgehead atoms. The van der Waals surface area contributed by atoms with Crippen LogP contribution in [0.2, 0.25) is 0 Å². The Morgan fingerprint density at radius 2 is 2.20 bits per heavy atom. The third-order valence-electron chi connectivity index (χ3n) is 1.95. The molecule has 0 unspecified atom stereocenters. The van der Waals surface area contributed by atoms with Crippen LogP contribution in [0.4, 0.5) is 4.39 Å². The van der Waals surface area contributed by atoms with Crippen LogP contribution in [0.5, 0.6) is 0 Å². The Labute approximate surface area is 105 Å². The topological polar surface area (TPSA) is 20.3 Å². The summed E-state index contributed by atoms with van der Waals surface area (Å²) in [5.74, 6) is -0.822. The number of hydrogen-bond acceptors (Lipinski definition) is 1. The van der Waals surface area contributed by atoms with Gasteiger partial charge in [-0.2, -0.15) is 0 Å². The zero-order valence-corrected chi connectivity index (χ0v) is 11.3. The van der Waals surface area contributed by atoms with Crippen molar-refractivity contribution >= 4 is 37.8 Å². The van der Waals surface area contributed by atoms with E-state index in [9.17, 15) is 9.18 Å². The van der Waals surface area contributed by atoms with Crippen LogP contribution < -0.4 is 0 Å². The van der Waals surface area contributed by atoms with Crippen LogP contribution in [-0.2, 0) is 0 Å². The van der Waals surface area contributed by atoms with E-state index in [-0.39, 0.29) is 11.5 Å². The summed E-state index contributed by atoms with van der Waals surface area (Å²) in [7, 11) is 1.64. The van der Waals surface area contributed by atoms with Gasteiger partial charge in [0.05, 0.1) is 10.0 Å². The molecule has 0 radical (unpaired) electrons. The highest BCUT2D eigenvalue weighted by molar-refractivity contribution is 9.10. The normalized spacial score (nSPS) is 10.1. The number of hydrogen-bond donors (Lipinski definition) is 0. The van der Waals surface area contributed by atoms with Gasteiger partial charge < -0.3 is 4.90 Å². The van der Waals surface area contributed by atoms with Crippen LogP contribution in [0.3, 0.4) is 0 Å². The van der Waals surface area contributed by atoms with Crippen molar-refractivity contribution in [3.63, 3.8) is 0 Å². The zero-order valence-electron chi connectivity index (χ0n) is 8.14. The van der Waals surface area contributed by atoms with Gasteiger partial charge in [-0.15, -0.1) is 0 Å². The van der Waals surface area contributed by atoms with Crippen molar-refractivity contribution in [2.75, 3.05) is 18.9 Å². The van der Waals surface area contributed by atoms with Crippen molar-refractivity contribution in [2.45, 2.75) is 0 Å². The van der Waals surface area contributed by atoms with Crippen LogP contribution in [0.15, 0.2) is 22.7 Å². The Morgan fingerprint density at radius 3 is 2.80 bits per heavy atom. The molecular formula is C10H10Br2FNO. The second-order valence-electron chi connectivity index (χ2n) is 3.02. The number of halogens is 3. The molecule has 5 heteroatoms. The number of rotatable bonds is 3. The van der Waals surface area contributed by atoms with Gasteiger partial charge >= 0.3 is 0 Å². The maximum atomic E-state index is 13.5. The average Bonchev–Trinajstić information content (AvgIpc) is 2.21. The fourth-order valence-electron chi connectivity index (χ4n) is 1.10. The van der Waals surface area contributed by atoms with E-state index in [1.54, 1.807) is 19.2 Å². The van der Waals surface area contributed by atoms with Crippen LogP contribution in [0.1, 0.15) is 10.4 Å². The highest BCUT2D eigenvalue weighted by Crippen LogP contribution is 2.19. The van der Waals surface area contributed by atoms with Crippen molar-refractivity contribution in [1.29, 1.82) is 0 Å². The molecule has 0 atom stereocenters. The molecule has 0 saturated carbocycles. The first-order valence-corrected chi connectivity index (χ1v) is 6.24. The third-order valence-corrected chi connectivity index (χ3v) is 2.92. The minimum Gasteiger partial charge on any atom is -0.341 e. The third kappa shape index (κ3) is 3.01. The Balaban J connectivity index is 2.96. The number of benzene rings is 1.